The van der Waals surface area contributed by atoms with Gasteiger partial charge in [-0.15, -0.1) is 10.2 Å². The molecule has 4 aromatic rings. The Kier molecular flexibility index (Phi) is 5.71. The van der Waals surface area contributed by atoms with Crippen LogP contribution in [0.15, 0.2) is 54.6 Å². The Morgan fingerprint density at radius 3 is 2.73 bits per heavy atom. The van der Waals surface area contributed by atoms with Crippen LogP contribution < -0.4 is 14.2 Å². The van der Waals surface area contributed by atoms with E-state index in [4.69, 9.17) is 19.3 Å². The molecule has 37 heavy (non-hydrogen) atoms. The van der Waals surface area contributed by atoms with Crippen LogP contribution in [0.1, 0.15) is 41.6 Å². The molecule has 188 valence electrons. The van der Waals surface area contributed by atoms with Gasteiger partial charge in [0.1, 0.15) is 34.9 Å². The molecule has 1 aromatic heterocycles. The Morgan fingerprint density at radius 1 is 1.16 bits per heavy atom. The third kappa shape index (κ3) is 4.46. The fourth-order valence-electron chi connectivity index (χ4n) is 4.93. The Bertz CT molecular complexity index is 1490. The minimum Gasteiger partial charge on any atom is -0.492 e. The van der Waals surface area contributed by atoms with E-state index in [1.54, 1.807) is 25.2 Å². The van der Waals surface area contributed by atoms with Crippen LogP contribution in [0.2, 0.25) is 0 Å². The van der Waals surface area contributed by atoms with Crippen molar-refractivity contribution in [1.82, 2.24) is 20.2 Å². The number of hydrogen-bond acceptors (Lipinski definition) is 7. The summed E-state index contributed by atoms with van der Waals surface area (Å²) in [5, 5.41) is 21.2. The molecule has 6 rings (SSSR count). The second kappa shape index (κ2) is 9.20. The first-order valence-corrected chi connectivity index (χ1v) is 11.9. The summed E-state index contributed by atoms with van der Waals surface area (Å²) in [5.74, 6) is 1.48. The van der Waals surface area contributed by atoms with Gasteiger partial charge in [-0.1, -0.05) is 6.07 Å². The minimum absolute atomic E-state index is 0.0111. The van der Waals surface area contributed by atoms with Crippen LogP contribution >= 0.6 is 0 Å². The van der Waals surface area contributed by atoms with Gasteiger partial charge in [0.25, 0.3) is 0 Å². The number of ether oxygens (including phenoxy) is 3. The van der Waals surface area contributed by atoms with Gasteiger partial charge in [-0.2, -0.15) is 4.80 Å². The van der Waals surface area contributed by atoms with Crippen LogP contribution in [0.25, 0.3) is 11.4 Å². The van der Waals surface area contributed by atoms with Gasteiger partial charge in [0.2, 0.25) is 5.82 Å². The predicted molar refractivity (Wildman–Crippen MR) is 129 cm³/mol. The number of benzene rings is 3. The third-order valence-corrected chi connectivity index (χ3v) is 6.65. The Labute approximate surface area is 211 Å². The van der Waals surface area contributed by atoms with Crippen molar-refractivity contribution in [2.75, 3.05) is 6.61 Å². The van der Waals surface area contributed by atoms with Gasteiger partial charge in [-0.25, -0.2) is 4.39 Å². The highest BCUT2D eigenvalue weighted by atomic mass is 19.1. The van der Waals surface area contributed by atoms with E-state index in [0.717, 1.165) is 16.7 Å². The summed E-state index contributed by atoms with van der Waals surface area (Å²) in [6, 6.07) is 15.7. The summed E-state index contributed by atoms with van der Waals surface area (Å²) in [7, 11) is 1.70. The molecule has 0 bridgehead atoms. The van der Waals surface area contributed by atoms with Crippen molar-refractivity contribution in [3.63, 3.8) is 0 Å². The lowest BCUT2D eigenvalue weighted by molar-refractivity contribution is -0.137. The number of hydrogen-bond donors (Lipinski definition) is 1. The van der Waals surface area contributed by atoms with E-state index in [9.17, 15) is 9.18 Å². The monoisotopic (exact) mass is 502 g/mol. The Balaban J connectivity index is 1.20. The number of aliphatic carboxylic acids is 1. The number of carboxylic acid groups (broad SMARTS) is 1. The van der Waals surface area contributed by atoms with Crippen molar-refractivity contribution in [2.45, 2.75) is 31.3 Å². The Morgan fingerprint density at radius 2 is 1.97 bits per heavy atom. The van der Waals surface area contributed by atoms with Gasteiger partial charge in [-0.05, 0) is 60.5 Å². The van der Waals surface area contributed by atoms with Gasteiger partial charge in [0.05, 0.1) is 20.1 Å². The molecule has 1 aliphatic heterocycles. The van der Waals surface area contributed by atoms with E-state index >= 15 is 0 Å². The molecule has 3 aromatic carbocycles. The minimum atomic E-state index is -0.865. The van der Waals surface area contributed by atoms with Crippen molar-refractivity contribution < 1.29 is 28.5 Å². The fraction of sp³-hybridized carbons (Fsp3) is 0.259. The van der Waals surface area contributed by atoms with E-state index in [2.05, 4.69) is 15.4 Å². The van der Waals surface area contributed by atoms with Crippen LogP contribution in [0.4, 0.5) is 4.39 Å². The summed E-state index contributed by atoms with van der Waals surface area (Å²) in [6.07, 6.45) is 0.746. The zero-order valence-corrected chi connectivity index (χ0v) is 19.9. The lowest BCUT2D eigenvalue weighted by atomic mass is 9.98. The molecule has 2 aliphatic rings. The summed E-state index contributed by atoms with van der Waals surface area (Å²) < 4.78 is 32.9. The van der Waals surface area contributed by atoms with Crippen molar-refractivity contribution in [3.8, 4) is 34.4 Å². The normalized spacial score (nSPS) is 17.7. The molecule has 9 nitrogen and oxygen atoms in total. The average Bonchev–Trinajstić information content (AvgIpc) is 3.61. The molecule has 10 heteroatoms. The lowest BCUT2D eigenvalue weighted by Gasteiger charge is -2.17. The second-order valence-corrected chi connectivity index (χ2v) is 9.12. The third-order valence-electron chi connectivity index (χ3n) is 6.65. The molecule has 2 heterocycles. The van der Waals surface area contributed by atoms with Crippen LogP contribution in [0.3, 0.4) is 0 Å². The standard InChI is InChI=1S/C27H23FN4O5/c1-32-30-27(29-31-32)15-2-4-17(5-3-15)36-22-11-9-21(28)26-20(22)8-10-23(26)37-18-6-7-19-16(12-25(33)34)14-35-24(19)13-18/h2-7,9,11,13,16,23H,8,10,12,14H2,1H3,(H,33,34)/t16?,23-/m1/s1. The summed E-state index contributed by atoms with van der Waals surface area (Å²) in [6.45, 7) is 0.322. The number of halogens is 1. The topological polar surface area (TPSA) is 109 Å². The first-order chi connectivity index (χ1) is 17.9. The SMILES string of the molecule is Cn1nnc(-c2ccc(Oc3ccc(F)c4c3CC[C@H]4Oc3ccc4c(c3)OCC4CC(=O)O)cc2)n1. The molecule has 1 aliphatic carbocycles. The molecule has 1 N–H and O–H groups in total. The van der Waals surface area contributed by atoms with Crippen LogP contribution in [-0.2, 0) is 18.3 Å². The highest BCUT2D eigenvalue weighted by Crippen LogP contribution is 2.44. The molecular formula is C27H23FN4O5. The average molecular weight is 503 g/mol. The maximum Gasteiger partial charge on any atom is 0.304 e. The molecule has 0 saturated carbocycles. The number of aromatic nitrogens is 4. The van der Waals surface area contributed by atoms with Crippen LogP contribution in [0, 0.1) is 5.82 Å². The quantitative estimate of drug-likeness (QED) is 0.383. The number of tetrazole rings is 1. The zero-order chi connectivity index (χ0) is 25.5. The summed E-state index contributed by atoms with van der Waals surface area (Å²) >= 11 is 0. The maximum atomic E-state index is 15.0. The van der Waals surface area contributed by atoms with Crippen molar-refractivity contribution in [3.05, 3.63) is 77.1 Å². The Hall–Kier alpha value is -4.47. The number of rotatable bonds is 7. The molecule has 0 fully saturated rings. The highest BCUT2D eigenvalue weighted by Gasteiger charge is 2.32. The number of fused-ring (bicyclic) bond motifs is 2. The first-order valence-electron chi connectivity index (χ1n) is 11.9. The van der Waals surface area contributed by atoms with Crippen molar-refractivity contribution in [1.29, 1.82) is 0 Å². The van der Waals surface area contributed by atoms with Gasteiger partial charge in [-0.3, -0.25) is 4.79 Å². The zero-order valence-electron chi connectivity index (χ0n) is 19.9. The second-order valence-electron chi connectivity index (χ2n) is 9.12. The smallest absolute Gasteiger partial charge is 0.304 e. The fourth-order valence-corrected chi connectivity index (χ4v) is 4.93. The van der Waals surface area contributed by atoms with Gasteiger partial charge >= 0.3 is 5.97 Å². The van der Waals surface area contributed by atoms with Gasteiger partial charge in [0, 0.05) is 34.2 Å². The number of nitrogens with zero attached hydrogens (tertiary/aromatic N) is 4. The van der Waals surface area contributed by atoms with E-state index < -0.39 is 12.1 Å². The van der Waals surface area contributed by atoms with Gasteiger partial charge in [0.15, 0.2) is 0 Å². The number of carboxylic acids is 1. The van der Waals surface area contributed by atoms with Crippen molar-refractivity contribution in [2.24, 2.45) is 7.05 Å². The largest absolute Gasteiger partial charge is 0.492 e. The van der Waals surface area contributed by atoms with E-state index in [1.165, 1.54) is 10.9 Å². The summed E-state index contributed by atoms with van der Waals surface area (Å²) in [4.78, 5) is 12.5. The number of aryl methyl sites for hydroxylation is 1. The molecular weight excluding hydrogens is 479 g/mol. The van der Waals surface area contributed by atoms with Crippen molar-refractivity contribution >= 4 is 5.97 Å². The molecule has 2 atom stereocenters. The van der Waals surface area contributed by atoms with E-state index in [-0.39, 0.29) is 18.2 Å². The van der Waals surface area contributed by atoms with Gasteiger partial charge < -0.3 is 19.3 Å². The molecule has 1 unspecified atom stereocenters. The van der Waals surface area contributed by atoms with Crippen LogP contribution in [0.5, 0.6) is 23.0 Å². The lowest BCUT2D eigenvalue weighted by Crippen LogP contribution is -2.07. The molecule has 0 amide bonds. The molecule has 0 spiro atoms. The maximum absolute atomic E-state index is 15.0. The van der Waals surface area contributed by atoms with E-state index in [0.29, 0.717) is 53.8 Å². The first kappa shape index (κ1) is 23.0. The molecule has 0 radical (unpaired) electrons. The summed E-state index contributed by atoms with van der Waals surface area (Å²) in [5.41, 5.74) is 2.93. The van der Waals surface area contributed by atoms with E-state index in [1.807, 2.05) is 30.3 Å². The highest BCUT2D eigenvalue weighted by molar-refractivity contribution is 5.69. The number of carbonyl (C=O) groups is 1. The predicted octanol–water partition coefficient (Wildman–Crippen LogP) is 4.83. The van der Waals surface area contributed by atoms with Crippen LogP contribution in [-0.4, -0.2) is 37.9 Å². The molecule has 0 saturated heterocycles.